The van der Waals surface area contributed by atoms with Crippen LogP contribution in [0.2, 0.25) is 0 Å². The molecule has 17 heavy (non-hydrogen) atoms. The Morgan fingerprint density at radius 3 is 2.82 bits per heavy atom. The minimum Gasteiger partial charge on any atom is -0.492 e. The lowest BCUT2D eigenvalue weighted by molar-refractivity contribution is 0.453. The van der Waals surface area contributed by atoms with E-state index in [1.54, 1.807) is 12.3 Å². The van der Waals surface area contributed by atoms with Crippen molar-refractivity contribution >= 4 is 10.9 Å². The fourth-order valence-electron chi connectivity index (χ4n) is 1.79. The molecule has 1 aromatic carbocycles. The molecule has 5 nitrogen and oxygen atoms in total. The second-order valence-electron chi connectivity index (χ2n) is 3.57. The van der Waals surface area contributed by atoms with Crippen LogP contribution in [-0.2, 0) is 0 Å². The van der Waals surface area contributed by atoms with Gasteiger partial charge in [0.25, 0.3) is 0 Å². The average molecular weight is 228 g/mol. The van der Waals surface area contributed by atoms with Gasteiger partial charge in [-0.25, -0.2) is 4.79 Å². The molecule has 0 saturated heterocycles. The van der Waals surface area contributed by atoms with Crippen LogP contribution in [0.5, 0.6) is 5.88 Å². The van der Waals surface area contributed by atoms with Crippen LogP contribution in [-0.4, -0.2) is 15.1 Å². The van der Waals surface area contributed by atoms with E-state index in [0.717, 1.165) is 5.39 Å². The smallest absolute Gasteiger partial charge is 0.419 e. The van der Waals surface area contributed by atoms with Crippen molar-refractivity contribution in [2.75, 3.05) is 0 Å². The lowest BCUT2D eigenvalue weighted by Crippen LogP contribution is -1.92. The summed E-state index contributed by atoms with van der Waals surface area (Å²) in [5.41, 5.74) is 1.26. The number of benzene rings is 1. The third-order valence-electron chi connectivity index (χ3n) is 2.51. The van der Waals surface area contributed by atoms with E-state index in [1.807, 2.05) is 24.3 Å². The van der Waals surface area contributed by atoms with Gasteiger partial charge in [-0.05, 0) is 12.1 Å². The predicted octanol–water partition coefficient (Wildman–Crippen LogP) is 1.89. The lowest BCUT2D eigenvalue weighted by atomic mass is 10.1. The SMILES string of the molecule is O=c1[nH]c(O)c(-c2cccc3cccnc23)o1. The number of pyridine rings is 1. The number of fused-ring (bicyclic) bond motifs is 1. The van der Waals surface area contributed by atoms with Crippen molar-refractivity contribution < 1.29 is 9.52 Å². The molecular formula is C12H8N2O3. The fraction of sp³-hybridized carbons (Fsp3) is 0. The van der Waals surface area contributed by atoms with Crippen LogP contribution in [0.25, 0.3) is 22.2 Å². The number of hydrogen-bond donors (Lipinski definition) is 2. The molecule has 0 amide bonds. The molecule has 0 aliphatic rings. The Bertz CT molecular complexity index is 737. The van der Waals surface area contributed by atoms with Gasteiger partial charge < -0.3 is 9.52 Å². The van der Waals surface area contributed by atoms with Crippen molar-refractivity contribution in [3.05, 3.63) is 47.1 Å². The lowest BCUT2D eigenvalue weighted by Gasteiger charge is -2.01. The number of oxazole rings is 1. The molecule has 2 aromatic heterocycles. The van der Waals surface area contributed by atoms with E-state index in [1.165, 1.54) is 0 Å². The molecule has 5 heteroatoms. The second kappa shape index (κ2) is 3.48. The quantitative estimate of drug-likeness (QED) is 0.666. The Labute approximate surface area is 95.4 Å². The standard InChI is InChI=1S/C12H8N2O3/c15-11-10(17-12(16)14-11)8-5-1-3-7-4-2-6-13-9(7)8/h1-6,15H,(H,14,16). The maximum absolute atomic E-state index is 11.0. The van der Waals surface area contributed by atoms with Crippen LogP contribution in [0.1, 0.15) is 0 Å². The zero-order valence-electron chi connectivity index (χ0n) is 8.68. The molecule has 0 atom stereocenters. The number of hydrogen-bond acceptors (Lipinski definition) is 4. The van der Waals surface area contributed by atoms with Gasteiger partial charge in [-0.15, -0.1) is 0 Å². The number of H-pyrrole nitrogens is 1. The summed E-state index contributed by atoms with van der Waals surface area (Å²) >= 11 is 0. The normalized spacial score (nSPS) is 10.8. The van der Waals surface area contributed by atoms with E-state index in [4.69, 9.17) is 4.42 Å². The first kappa shape index (κ1) is 9.65. The minimum absolute atomic E-state index is 0.110. The van der Waals surface area contributed by atoms with Gasteiger partial charge in [-0.1, -0.05) is 18.2 Å². The van der Waals surface area contributed by atoms with E-state index in [2.05, 4.69) is 9.97 Å². The third kappa shape index (κ3) is 1.48. The molecule has 0 unspecified atom stereocenters. The molecule has 3 rings (SSSR count). The zero-order valence-corrected chi connectivity index (χ0v) is 8.68. The van der Waals surface area contributed by atoms with E-state index < -0.39 is 5.76 Å². The maximum Gasteiger partial charge on any atom is 0.419 e. The Kier molecular flexibility index (Phi) is 1.98. The number of nitrogens with one attached hydrogen (secondary N) is 1. The number of aromatic hydroxyl groups is 1. The predicted molar refractivity (Wildman–Crippen MR) is 61.7 cm³/mol. The average Bonchev–Trinajstić information content (AvgIpc) is 2.68. The van der Waals surface area contributed by atoms with Gasteiger partial charge in [-0.2, -0.15) is 0 Å². The summed E-state index contributed by atoms with van der Waals surface area (Å²) in [5, 5.41) is 10.5. The number of aromatic amines is 1. The number of nitrogens with zero attached hydrogens (tertiary/aromatic N) is 1. The van der Waals surface area contributed by atoms with Crippen molar-refractivity contribution in [1.82, 2.24) is 9.97 Å². The minimum atomic E-state index is -0.689. The van der Waals surface area contributed by atoms with Crippen LogP contribution in [0.15, 0.2) is 45.7 Å². The molecule has 0 spiro atoms. The van der Waals surface area contributed by atoms with Crippen molar-refractivity contribution in [3.63, 3.8) is 0 Å². The second-order valence-corrected chi connectivity index (χ2v) is 3.57. The first-order valence-corrected chi connectivity index (χ1v) is 5.02. The number of para-hydroxylation sites is 1. The van der Waals surface area contributed by atoms with Gasteiger partial charge in [0.1, 0.15) is 0 Å². The van der Waals surface area contributed by atoms with Crippen molar-refractivity contribution in [1.29, 1.82) is 0 Å². The highest BCUT2D eigenvalue weighted by atomic mass is 16.4. The Balaban J connectivity index is 2.38. The summed E-state index contributed by atoms with van der Waals surface area (Å²) in [5.74, 6) is -0.863. The summed E-state index contributed by atoms with van der Waals surface area (Å²) < 4.78 is 4.91. The zero-order chi connectivity index (χ0) is 11.8. The van der Waals surface area contributed by atoms with E-state index in [-0.39, 0.29) is 11.6 Å². The largest absolute Gasteiger partial charge is 0.492 e. The van der Waals surface area contributed by atoms with Crippen LogP contribution in [0, 0.1) is 0 Å². The Hall–Kier alpha value is -2.56. The van der Waals surface area contributed by atoms with Crippen molar-refractivity contribution in [2.24, 2.45) is 0 Å². The van der Waals surface area contributed by atoms with Gasteiger partial charge in [0.15, 0.2) is 0 Å². The van der Waals surface area contributed by atoms with Crippen LogP contribution in [0.3, 0.4) is 0 Å². The van der Waals surface area contributed by atoms with Crippen LogP contribution in [0.4, 0.5) is 0 Å². The topological polar surface area (TPSA) is 79.1 Å². The summed E-state index contributed by atoms with van der Waals surface area (Å²) in [4.78, 5) is 17.4. The van der Waals surface area contributed by atoms with E-state index in [0.29, 0.717) is 11.1 Å². The molecule has 0 bridgehead atoms. The van der Waals surface area contributed by atoms with Gasteiger partial charge in [0.05, 0.1) is 5.52 Å². The summed E-state index contributed by atoms with van der Waals surface area (Å²) in [7, 11) is 0. The molecule has 0 aliphatic heterocycles. The highest BCUT2D eigenvalue weighted by molar-refractivity contribution is 5.92. The molecular weight excluding hydrogens is 220 g/mol. The van der Waals surface area contributed by atoms with Crippen LogP contribution >= 0.6 is 0 Å². The van der Waals surface area contributed by atoms with Crippen molar-refractivity contribution in [3.8, 4) is 17.2 Å². The van der Waals surface area contributed by atoms with Gasteiger partial charge in [0, 0.05) is 17.1 Å². The molecule has 0 aliphatic carbocycles. The maximum atomic E-state index is 11.0. The molecule has 2 heterocycles. The third-order valence-corrected chi connectivity index (χ3v) is 2.51. The number of aromatic nitrogens is 2. The fourth-order valence-corrected chi connectivity index (χ4v) is 1.79. The monoisotopic (exact) mass is 228 g/mol. The highest BCUT2D eigenvalue weighted by Gasteiger charge is 2.14. The molecule has 3 aromatic rings. The van der Waals surface area contributed by atoms with Gasteiger partial charge >= 0.3 is 5.76 Å². The van der Waals surface area contributed by atoms with Crippen molar-refractivity contribution in [2.45, 2.75) is 0 Å². The highest BCUT2D eigenvalue weighted by Crippen LogP contribution is 2.31. The van der Waals surface area contributed by atoms with Gasteiger partial charge in [-0.3, -0.25) is 9.97 Å². The Morgan fingerprint density at radius 2 is 2.06 bits per heavy atom. The molecule has 84 valence electrons. The summed E-state index contributed by atoms with van der Waals surface area (Å²) in [6, 6.07) is 9.16. The van der Waals surface area contributed by atoms with E-state index in [9.17, 15) is 9.90 Å². The molecule has 2 N–H and O–H groups in total. The van der Waals surface area contributed by atoms with Crippen LogP contribution < -0.4 is 5.76 Å². The first-order valence-electron chi connectivity index (χ1n) is 5.02. The summed E-state index contributed by atoms with van der Waals surface area (Å²) in [6.07, 6.45) is 1.65. The van der Waals surface area contributed by atoms with E-state index >= 15 is 0 Å². The number of rotatable bonds is 1. The first-order chi connectivity index (χ1) is 8.25. The summed E-state index contributed by atoms with van der Waals surface area (Å²) in [6.45, 7) is 0. The molecule has 0 saturated carbocycles. The van der Waals surface area contributed by atoms with Gasteiger partial charge in [0.2, 0.25) is 11.6 Å². The Morgan fingerprint density at radius 1 is 1.24 bits per heavy atom. The molecule has 0 radical (unpaired) electrons. The molecule has 0 fully saturated rings.